The van der Waals surface area contributed by atoms with Crippen molar-refractivity contribution in [3.8, 4) is 91.0 Å². The predicted octanol–water partition coefficient (Wildman–Crippen LogP) is 15.9. The highest BCUT2D eigenvalue weighted by Gasteiger charge is 2.31. The largest absolute Gasteiger partial charge is 0.497 e. The summed E-state index contributed by atoms with van der Waals surface area (Å²) in [5, 5.41) is 20.6. The van der Waals surface area contributed by atoms with Gasteiger partial charge in [-0.15, -0.1) is 0 Å². The van der Waals surface area contributed by atoms with Crippen LogP contribution in [0.4, 0.5) is 45.5 Å². The molecule has 0 aliphatic heterocycles. The minimum absolute atomic E-state index is 0.00535. The lowest BCUT2D eigenvalue weighted by Crippen LogP contribution is -2.27. The maximum atomic E-state index is 12.5. The Kier molecular flexibility index (Phi) is 31.5. The molecule has 722 valence electrons. The number of aryl methyl sites for hydroxylation is 2. The first-order valence-corrected chi connectivity index (χ1v) is 48.3. The van der Waals surface area contributed by atoms with Crippen LogP contribution < -0.4 is 74.3 Å². The number of ether oxygens (including phenoxy) is 9. The standard InChI is InChI=1S/C29H36N6O4S.2C25H28N6O2.C24H25N5O4/c1-38-25-13-24(14-26(16-25)39-2)35(19-21-5-6-21)23-7-8-27-28(15-23)33-29(18-31-27)22-17-32-34(20-22)11-4-9-30-10-12-40(3,36)37;2*1-32-21-9-20(10-22(12-21)33-2)31(15-17-3-4-17)19-5-6-23-24(11-19)29-25(14-27-23)18-13-28-30(16-18)8-7-26;1-5-33-24(30)15-29(18-8-19(31-3)11-20(9-18)32-4)17-6-7-21-22(10-17)27-23(13-25-21)16-12-26-28(2)14-16/h7-8,13-18,20-21,30H,4-6,9-12,19H2,1-3H3;2*5-6,9-14,16-17H,3-4,7-8,15,26H2,1-2H3;6-14H,5,15H2,1-4H3. The zero-order valence-electron chi connectivity index (χ0n) is 80.1. The number of nitrogens with zero attached hydrogens (tertiary/aromatic N) is 20. The third kappa shape index (κ3) is 25.6. The first kappa shape index (κ1) is 97.0. The number of methoxy groups -OCH3 is 8. The molecule has 0 atom stereocenters. The van der Waals surface area contributed by atoms with Gasteiger partial charge in [-0.25, -0.2) is 28.4 Å². The van der Waals surface area contributed by atoms with Crippen molar-refractivity contribution < 1.29 is 55.8 Å². The van der Waals surface area contributed by atoms with E-state index in [2.05, 4.69) is 96.7 Å². The lowest BCUT2D eigenvalue weighted by Gasteiger charge is -2.26. The summed E-state index contributed by atoms with van der Waals surface area (Å²) in [6.45, 7) is 9.18. The van der Waals surface area contributed by atoms with Gasteiger partial charge in [0.25, 0.3) is 0 Å². The second-order valence-corrected chi connectivity index (χ2v) is 36.5. The lowest BCUT2D eigenvalue weighted by atomic mass is 10.1. The van der Waals surface area contributed by atoms with E-state index in [-0.39, 0.29) is 18.3 Å². The molecule has 0 spiro atoms. The number of esters is 1. The van der Waals surface area contributed by atoms with Crippen LogP contribution in [0.3, 0.4) is 0 Å². The second kappa shape index (κ2) is 45.2. The molecule has 35 nitrogen and oxygen atoms in total. The van der Waals surface area contributed by atoms with Crippen molar-refractivity contribution in [1.29, 1.82) is 0 Å². The van der Waals surface area contributed by atoms with Crippen molar-refractivity contribution in [2.24, 2.45) is 36.3 Å². The molecule has 8 aromatic carbocycles. The molecule has 5 N–H and O–H groups in total. The van der Waals surface area contributed by atoms with Crippen LogP contribution in [0.15, 0.2) is 220 Å². The Hall–Kier alpha value is -15.1. The number of sulfone groups is 1. The average Bonchev–Trinajstić information content (AvgIpc) is 1.79. The van der Waals surface area contributed by atoms with E-state index < -0.39 is 9.84 Å². The number of nitrogens with two attached hydrogens (primary N) is 2. The van der Waals surface area contributed by atoms with Gasteiger partial charge in [0.1, 0.15) is 62.4 Å². The molecule has 19 rings (SSSR count). The van der Waals surface area contributed by atoms with E-state index in [1.54, 1.807) is 124 Å². The first-order valence-electron chi connectivity index (χ1n) is 46.3. The maximum absolute atomic E-state index is 12.5. The van der Waals surface area contributed by atoms with Crippen LogP contribution in [0.2, 0.25) is 0 Å². The van der Waals surface area contributed by atoms with E-state index in [4.69, 9.17) is 74.0 Å². The molecule has 139 heavy (non-hydrogen) atoms. The Morgan fingerprint density at radius 3 is 0.950 bits per heavy atom. The van der Waals surface area contributed by atoms with Crippen LogP contribution in [-0.2, 0) is 46.1 Å². The highest BCUT2D eigenvalue weighted by Crippen LogP contribution is 2.44. The van der Waals surface area contributed by atoms with Crippen molar-refractivity contribution >= 4 is 105 Å². The molecule has 16 aromatic rings. The van der Waals surface area contributed by atoms with Gasteiger partial charge in [-0.2, -0.15) is 20.4 Å². The van der Waals surface area contributed by atoms with Gasteiger partial charge in [0, 0.05) is 224 Å². The number of anilines is 8. The summed E-state index contributed by atoms with van der Waals surface area (Å²) in [7, 11) is 12.1. The van der Waals surface area contributed by atoms with Crippen LogP contribution in [0.5, 0.6) is 46.0 Å². The van der Waals surface area contributed by atoms with Gasteiger partial charge in [0.05, 0.1) is 199 Å². The highest BCUT2D eigenvalue weighted by molar-refractivity contribution is 7.90. The van der Waals surface area contributed by atoms with Crippen LogP contribution in [0, 0.1) is 17.8 Å². The quantitative estimate of drug-likeness (QED) is 0.0237. The fourth-order valence-electron chi connectivity index (χ4n) is 15.9. The molecule has 36 heteroatoms. The Labute approximate surface area is 807 Å². The van der Waals surface area contributed by atoms with Crippen molar-refractivity contribution in [2.45, 2.75) is 71.5 Å². The van der Waals surface area contributed by atoms with Gasteiger partial charge in [-0.1, -0.05) is 0 Å². The SMILES string of the molecule is CCOC(=O)CN(c1cc(OC)cc(OC)c1)c1ccc2ncc(-c3cnn(C)c3)nc2c1.COc1cc(OC)cc(N(CC2CC2)c2ccc3ncc(-c4cnn(CCCNCCS(C)(=O)=O)c4)nc3c2)c1.COc1cc(OC)cc(N(CC2CC2)c2ccc3ncc(-c4cnn(CCN)c4)nc3c2)c1.COc1cc(OC)cc(N(CC2CC2)c2ccc3ncc(-c4cnn(CCN)c4)nc3c2)c1. The number of hydrogen-bond acceptors (Lipinski definition) is 31. The summed E-state index contributed by atoms with van der Waals surface area (Å²) in [5.41, 5.74) is 32.2. The lowest BCUT2D eigenvalue weighted by molar-refractivity contribution is -0.141. The van der Waals surface area contributed by atoms with Crippen LogP contribution in [0.25, 0.3) is 89.2 Å². The number of aromatic nitrogens is 16. The topological polar surface area (TPSA) is 386 Å². The monoisotopic (exact) mass is 1900 g/mol. The van der Waals surface area contributed by atoms with Gasteiger partial charge in [-0.3, -0.25) is 43.5 Å². The number of benzene rings is 8. The molecule has 3 fully saturated rings. The third-order valence-corrected chi connectivity index (χ3v) is 24.8. The van der Waals surface area contributed by atoms with Crippen molar-refractivity contribution in [1.82, 2.24) is 84.3 Å². The van der Waals surface area contributed by atoms with Gasteiger partial charge in [0.15, 0.2) is 0 Å². The minimum Gasteiger partial charge on any atom is -0.497 e. The normalized spacial score (nSPS) is 12.8. The Bertz CT molecular complexity index is 6760. The van der Waals surface area contributed by atoms with Crippen LogP contribution in [0.1, 0.15) is 51.9 Å². The number of rotatable bonds is 40. The highest BCUT2D eigenvalue weighted by atomic mass is 32.2. The molecule has 0 saturated heterocycles. The van der Waals surface area contributed by atoms with E-state index in [1.807, 2.05) is 154 Å². The Morgan fingerprint density at radius 1 is 0.374 bits per heavy atom. The molecular formula is C103H117N23O12S. The molecule has 0 bridgehead atoms. The number of fused-ring (bicyclic) bond motifs is 4. The van der Waals surface area contributed by atoms with Crippen LogP contribution in [-0.4, -0.2) is 221 Å². The van der Waals surface area contributed by atoms with Gasteiger partial charge in [0.2, 0.25) is 0 Å². The number of carbonyl (C=O) groups excluding carboxylic acids is 1. The molecule has 0 radical (unpaired) electrons. The second-order valence-electron chi connectivity index (χ2n) is 34.2. The van der Waals surface area contributed by atoms with E-state index in [0.717, 1.165) is 197 Å². The molecular weight excluding hydrogens is 1780 g/mol. The van der Waals surface area contributed by atoms with Crippen molar-refractivity contribution in [2.75, 3.05) is 147 Å². The van der Waals surface area contributed by atoms with Gasteiger partial charge >= 0.3 is 5.97 Å². The Morgan fingerprint density at radius 2 is 0.669 bits per heavy atom. The minimum atomic E-state index is -2.94. The summed E-state index contributed by atoms with van der Waals surface area (Å²) in [4.78, 5) is 59.2. The molecule has 3 aliphatic carbocycles. The summed E-state index contributed by atoms with van der Waals surface area (Å²) < 4.78 is 78.9. The maximum Gasteiger partial charge on any atom is 0.325 e. The van der Waals surface area contributed by atoms with Gasteiger partial charge < -0.3 is 79.0 Å². The predicted molar refractivity (Wildman–Crippen MR) is 540 cm³/mol. The van der Waals surface area contributed by atoms with E-state index in [0.29, 0.717) is 79.8 Å². The Balaban J connectivity index is 0.000000134. The molecule has 0 unspecified atom stereocenters. The molecule has 3 aliphatic rings. The average molecular weight is 1900 g/mol. The van der Waals surface area contributed by atoms with Crippen LogP contribution >= 0.6 is 0 Å². The third-order valence-electron chi connectivity index (χ3n) is 23.8. The number of nitrogens with one attached hydrogen (secondary N) is 1. The molecule has 0 amide bonds. The van der Waals surface area contributed by atoms with E-state index in [1.165, 1.54) is 44.8 Å². The summed E-state index contributed by atoms with van der Waals surface area (Å²) in [5.74, 6) is 7.60. The van der Waals surface area contributed by atoms with E-state index >= 15 is 0 Å². The zero-order chi connectivity index (χ0) is 97.1. The molecule has 8 heterocycles. The molecule has 8 aromatic heterocycles. The summed E-state index contributed by atoms with van der Waals surface area (Å²) in [6.07, 6.45) is 31.6. The number of carbonyl (C=O) groups is 1. The van der Waals surface area contributed by atoms with Crippen molar-refractivity contribution in [3.05, 3.63) is 220 Å². The number of hydrogen-bond donors (Lipinski definition) is 3. The van der Waals surface area contributed by atoms with Crippen molar-refractivity contribution in [3.63, 3.8) is 0 Å². The zero-order valence-corrected chi connectivity index (χ0v) is 80.9. The van der Waals surface area contributed by atoms with Gasteiger partial charge in [-0.05, 0) is 149 Å². The molecule has 3 saturated carbocycles. The smallest absolute Gasteiger partial charge is 0.325 e. The van der Waals surface area contributed by atoms with E-state index in [9.17, 15) is 13.2 Å². The summed E-state index contributed by atoms with van der Waals surface area (Å²) >= 11 is 0. The fourth-order valence-corrected chi connectivity index (χ4v) is 16.4. The summed E-state index contributed by atoms with van der Waals surface area (Å²) in [6, 6.07) is 47.7. The first-order chi connectivity index (χ1) is 67.6. The fraction of sp³-hybridized carbons (Fsp3) is 0.330.